The zero-order chi connectivity index (χ0) is 10.7. The monoisotopic (exact) mass is 199 g/mol. The molecule has 0 bridgehead atoms. The van der Waals surface area contributed by atoms with E-state index in [2.05, 4.69) is 9.84 Å². The van der Waals surface area contributed by atoms with Gasteiger partial charge < -0.3 is 15.6 Å². The van der Waals surface area contributed by atoms with Gasteiger partial charge in [0.1, 0.15) is 5.56 Å². The van der Waals surface area contributed by atoms with E-state index in [9.17, 15) is 4.79 Å². The fourth-order valence-electron chi connectivity index (χ4n) is 1.24. The number of hydrogen-bond donors (Lipinski definition) is 2. The Morgan fingerprint density at radius 2 is 2.50 bits per heavy atom. The summed E-state index contributed by atoms with van der Waals surface area (Å²) in [5.74, 6) is -0.503. The van der Waals surface area contributed by atoms with Crippen LogP contribution in [0.3, 0.4) is 0 Å². The summed E-state index contributed by atoms with van der Waals surface area (Å²) < 4.78 is 6.01. The first-order valence-corrected chi connectivity index (χ1v) is 4.08. The van der Waals surface area contributed by atoms with Crippen LogP contribution < -0.4 is 5.73 Å². The topological polar surface area (TPSA) is 90.4 Å². The van der Waals surface area contributed by atoms with Crippen LogP contribution in [0, 0.1) is 0 Å². The van der Waals surface area contributed by atoms with Crippen molar-refractivity contribution in [3.63, 3.8) is 0 Å². The molecule has 1 heterocycles. The van der Waals surface area contributed by atoms with Gasteiger partial charge in [0.25, 0.3) is 0 Å². The summed E-state index contributed by atoms with van der Waals surface area (Å²) in [5, 5.41) is 12.8. The van der Waals surface area contributed by atoms with E-state index in [1.54, 1.807) is 7.05 Å². The normalized spacial score (nSPS) is 12.6. The highest BCUT2D eigenvalue weighted by atomic mass is 16.5. The van der Waals surface area contributed by atoms with Gasteiger partial charge in [-0.05, 0) is 0 Å². The predicted molar refractivity (Wildman–Crippen MR) is 48.6 cm³/mol. The number of esters is 1. The smallest absolute Gasteiger partial charge is 0.341 e. The molecule has 0 aromatic carbocycles. The number of nitrogens with zero attached hydrogens (tertiary/aromatic N) is 2. The van der Waals surface area contributed by atoms with Gasteiger partial charge in [0.05, 0.1) is 31.6 Å². The predicted octanol–water partition coefficient (Wildman–Crippen LogP) is -0.801. The maximum absolute atomic E-state index is 11.3. The summed E-state index contributed by atoms with van der Waals surface area (Å²) >= 11 is 0. The molecule has 6 heteroatoms. The second-order valence-corrected chi connectivity index (χ2v) is 2.85. The first-order chi connectivity index (χ1) is 6.61. The molecule has 1 aromatic rings. The van der Waals surface area contributed by atoms with Crippen molar-refractivity contribution in [2.24, 2.45) is 12.8 Å². The summed E-state index contributed by atoms with van der Waals surface area (Å²) in [4.78, 5) is 11.3. The minimum atomic E-state index is -0.628. The lowest BCUT2D eigenvalue weighted by Crippen LogP contribution is -2.21. The zero-order valence-corrected chi connectivity index (χ0v) is 8.10. The Morgan fingerprint density at radius 3 is 3.00 bits per heavy atom. The van der Waals surface area contributed by atoms with Gasteiger partial charge in [-0.2, -0.15) is 5.10 Å². The van der Waals surface area contributed by atoms with Crippen molar-refractivity contribution in [3.8, 4) is 0 Å². The molecule has 0 amide bonds. The summed E-state index contributed by atoms with van der Waals surface area (Å²) in [6, 6.07) is -0.628. The number of aryl methyl sites for hydroxylation is 1. The fraction of sp³-hybridized carbons (Fsp3) is 0.500. The number of methoxy groups -OCH3 is 1. The molecule has 1 unspecified atom stereocenters. The fourth-order valence-corrected chi connectivity index (χ4v) is 1.24. The molecule has 1 rings (SSSR count). The van der Waals surface area contributed by atoms with Gasteiger partial charge in [-0.25, -0.2) is 4.79 Å². The number of rotatable bonds is 3. The minimum Gasteiger partial charge on any atom is -0.465 e. The van der Waals surface area contributed by atoms with Crippen molar-refractivity contribution in [3.05, 3.63) is 17.5 Å². The molecule has 0 radical (unpaired) electrons. The van der Waals surface area contributed by atoms with E-state index >= 15 is 0 Å². The van der Waals surface area contributed by atoms with Gasteiger partial charge in [-0.15, -0.1) is 0 Å². The van der Waals surface area contributed by atoms with Crippen LogP contribution in [-0.2, 0) is 11.8 Å². The highest BCUT2D eigenvalue weighted by Crippen LogP contribution is 2.15. The molecular formula is C8H13N3O3. The molecule has 0 spiro atoms. The number of aromatic nitrogens is 2. The summed E-state index contributed by atoms with van der Waals surface area (Å²) in [6.45, 7) is -0.247. The molecule has 0 saturated carbocycles. The van der Waals surface area contributed by atoms with E-state index < -0.39 is 12.0 Å². The van der Waals surface area contributed by atoms with E-state index in [1.807, 2.05) is 0 Å². The lowest BCUT2D eigenvalue weighted by Gasteiger charge is -2.10. The van der Waals surface area contributed by atoms with E-state index in [4.69, 9.17) is 10.8 Å². The highest BCUT2D eigenvalue weighted by molar-refractivity contribution is 5.90. The van der Waals surface area contributed by atoms with Crippen LogP contribution in [0.2, 0.25) is 0 Å². The Bertz CT molecular complexity index is 335. The van der Waals surface area contributed by atoms with Crippen molar-refractivity contribution >= 4 is 5.97 Å². The number of nitrogens with two attached hydrogens (primary N) is 1. The quantitative estimate of drug-likeness (QED) is 0.622. The van der Waals surface area contributed by atoms with Crippen LogP contribution in [0.25, 0.3) is 0 Å². The number of ether oxygens (including phenoxy) is 1. The van der Waals surface area contributed by atoms with Crippen LogP contribution in [-0.4, -0.2) is 34.6 Å². The third kappa shape index (κ3) is 1.75. The van der Waals surface area contributed by atoms with Crippen molar-refractivity contribution in [1.29, 1.82) is 0 Å². The van der Waals surface area contributed by atoms with E-state index in [1.165, 1.54) is 18.0 Å². The summed E-state index contributed by atoms with van der Waals surface area (Å²) in [5.41, 5.74) is 6.37. The average Bonchev–Trinajstić information content (AvgIpc) is 2.58. The van der Waals surface area contributed by atoms with Gasteiger partial charge in [-0.1, -0.05) is 0 Å². The second-order valence-electron chi connectivity index (χ2n) is 2.85. The number of aliphatic hydroxyl groups is 1. The lowest BCUT2D eigenvalue weighted by atomic mass is 10.1. The first kappa shape index (κ1) is 10.7. The number of carbonyl (C=O) groups excluding carboxylic acids is 1. The molecule has 1 aromatic heterocycles. The lowest BCUT2D eigenvalue weighted by molar-refractivity contribution is 0.0598. The number of hydrogen-bond acceptors (Lipinski definition) is 5. The zero-order valence-electron chi connectivity index (χ0n) is 8.10. The molecule has 6 nitrogen and oxygen atoms in total. The first-order valence-electron chi connectivity index (χ1n) is 4.08. The van der Waals surface area contributed by atoms with E-state index in [-0.39, 0.29) is 12.2 Å². The Balaban J connectivity index is 3.12. The van der Waals surface area contributed by atoms with Gasteiger partial charge >= 0.3 is 5.97 Å². The molecule has 0 saturated heterocycles. The summed E-state index contributed by atoms with van der Waals surface area (Å²) in [6.07, 6.45) is 1.37. The van der Waals surface area contributed by atoms with Crippen molar-refractivity contribution in [1.82, 2.24) is 9.78 Å². The molecule has 14 heavy (non-hydrogen) atoms. The summed E-state index contributed by atoms with van der Waals surface area (Å²) in [7, 11) is 2.93. The maximum Gasteiger partial charge on any atom is 0.341 e. The minimum absolute atomic E-state index is 0.247. The van der Waals surface area contributed by atoms with Crippen LogP contribution in [0.15, 0.2) is 6.20 Å². The SMILES string of the molecule is COC(=O)c1cnn(C)c1C(N)CO. The molecule has 0 aliphatic heterocycles. The van der Waals surface area contributed by atoms with Gasteiger partial charge in [-0.3, -0.25) is 4.68 Å². The Kier molecular flexibility index (Phi) is 3.21. The average molecular weight is 199 g/mol. The van der Waals surface area contributed by atoms with E-state index in [0.29, 0.717) is 5.69 Å². The molecule has 3 N–H and O–H groups in total. The van der Waals surface area contributed by atoms with Crippen LogP contribution in [0.1, 0.15) is 22.1 Å². The maximum atomic E-state index is 11.3. The van der Waals surface area contributed by atoms with Crippen molar-refractivity contribution in [2.75, 3.05) is 13.7 Å². The van der Waals surface area contributed by atoms with Crippen LogP contribution in [0.4, 0.5) is 0 Å². The largest absolute Gasteiger partial charge is 0.465 e. The Morgan fingerprint density at radius 1 is 1.86 bits per heavy atom. The van der Waals surface area contributed by atoms with E-state index in [0.717, 1.165) is 0 Å². The molecular weight excluding hydrogens is 186 g/mol. The van der Waals surface area contributed by atoms with Crippen molar-refractivity contribution in [2.45, 2.75) is 6.04 Å². The van der Waals surface area contributed by atoms with Gasteiger partial charge in [0.2, 0.25) is 0 Å². The number of carbonyl (C=O) groups is 1. The number of aliphatic hydroxyl groups excluding tert-OH is 1. The molecule has 1 atom stereocenters. The van der Waals surface area contributed by atoms with Crippen LogP contribution >= 0.6 is 0 Å². The standard InChI is InChI=1S/C8H13N3O3/c1-11-7(6(9)4-12)5(3-10-11)8(13)14-2/h3,6,12H,4,9H2,1-2H3. The third-order valence-corrected chi connectivity index (χ3v) is 1.94. The molecule has 78 valence electrons. The van der Waals surface area contributed by atoms with Crippen LogP contribution in [0.5, 0.6) is 0 Å². The Hall–Kier alpha value is -1.40. The molecule has 0 fully saturated rings. The molecule has 0 aliphatic carbocycles. The highest BCUT2D eigenvalue weighted by Gasteiger charge is 2.20. The second kappa shape index (κ2) is 4.21. The third-order valence-electron chi connectivity index (χ3n) is 1.94. The van der Waals surface area contributed by atoms with Crippen molar-refractivity contribution < 1.29 is 14.6 Å². The van der Waals surface area contributed by atoms with Gasteiger partial charge in [0, 0.05) is 7.05 Å². The molecule has 0 aliphatic rings. The van der Waals surface area contributed by atoms with Gasteiger partial charge in [0.15, 0.2) is 0 Å². The Labute approximate surface area is 81.3 Å².